The number of halogens is 1. The fourth-order valence-electron chi connectivity index (χ4n) is 0. The normalized spacial score (nSPS) is 13.7. The van der Waals surface area contributed by atoms with Crippen molar-refractivity contribution in [3.63, 3.8) is 0 Å². The van der Waals surface area contributed by atoms with Gasteiger partial charge >= 0.3 is 0 Å². The van der Waals surface area contributed by atoms with Gasteiger partial charge in [0.2, 0.25) is 0 Å². The summed E-state index contributed by atoms with van der Waals surface area (Å²) < 4.78 is 0. The minimum absolute atomic E-state index is 0.417. The average Bonchev–Trinajstić information content (AvgIpc) is 1.36. The Morgan fingerprint density at radius 3 is 2.17 bits per heavy atom. The molecule has 0 aromatic heterocycles. The molecule has 0 saturated carbocycles. The quantitative estimate of drug-likeness (QED) is 0.244. The zero-order valence-electron chi connectivity index (χ0n) is 3.22. The molecule has 3 nitrogen and oxygen atoms in total. The van der Waals surface area contributed by atoms with E-state index in [1.54, 1.807) is 0 Å². The third-order valence-corrected chi connectivity index (χ3v) is 0.625. The van der Waals surface area contributed by atoms with Crippen molar-refractivity contribution < 1.29 is 4.92 Å². The van der Waals surface area contributed by atoms with Crippen LogP contribution in [0.1, 0.15) is 6.92 Å². The number of nitrogens with zero attached hydrogens (tertiary/aromatic N) is 1. The second kappa shape index (κ2) is 2.12. The number of hydrogen-bond acceptors (Lipinski definition) is 2. The molecule has 36 valence electrons. The van der Waals surface area contributed by atoms with Crippen molar-refractivity contribution >= 4 is 15.9 Å². The van der Waals surface area contributed by atoms with Crippen molar-refractivity contribution in [1.82, 2.24) is 0 Å². The van der Waals surface area contributed by atoms with Gasteiger partial charge in [-0.25, -0.2) is 0 Å². The minimum atomic E-state index is -0.613. The molecule has 0 fully saturated rings. The maximum atomic E-state index is 9.46. The largest absolute Gasteiger partial charge is 0.263 e. The van der Waals surface area contributed by atoms with Crippen molar-refractivity contribution in [2.75, 3.05) is 0 Å². The molecule has 0 aliphatic heterocycles. The highest BCUT2D eigenvalue weighted by Gasteiger charge is 2.02. The summed E-state index contributed by atoms with van der Waals surface area (Å²) in [6.45, 7) is 1.46. The van der Waals surface area contributed by atoms with Gasteiger partial charge in [-0.05, 0) is 15.9 Å². The predicted octanol–water partition coefficient (Wildman–Crippen LogP) is 1.00. The Labute approximate surface area is 43.6 Å². The maximum absolute atomic E-state index is 9.46. The lowest BCUT2D eigenvalue weighted by Crippen LogP contribution is -2.04. The summed E-state index contributed by atoms with van der Waals surface area (Å²) in [6.07, 6.45) is 0. The number of alkyl halides is 1. The Bertz CT molecular complexity index is 62.6. The van der Waals surface area contributed by atoms with E-state index in [2.05, 4.69) is 15.9 Å². The molecule has 0 aliphatic carbocycles. The molecule has 6 heavy (non-hydrogen) atoms. The number of rotatable bonds is 1. The van der Waals surface area contributed by atoms with Crippen molar-refractivity contribution in [2.24, 2.45) is 0 Å². The summed E-state index contributed by atoms with van der Waals surface area (Å²) in [5.41, 5.74) is 0. The van der Waals surface area contributed by atoms with Crippen LogP contribution in [-0.2, 0) is 0 Å². The topological polar surface area (TPSA) is 43.1 Å². The van der Waals surface area contributed by atoms with Gasteiger partial charge in [0, 0.05) is 11.8 Å². The van der Waals surface area contributed by atoms with Gasteiger partial charge in [-0.2, -0.15) is 0 Å². The fraction of sp³-hybridized carbons (Fsp3) is 1.00. The van der Waals surface area contributed by atoms with Crippen LogP contribution in [0.5, 0.6) is 0 Å². The Morgan fingerprint density at radius 2 is 2.17 bits per heavy atom. The van der Waals surface area contributed by atoms with Crippen molar-refractivity contribution in [3.05, 3.63) is 10.1 Å². The molecule has 0 N–H and O–H groups in total. The average molecular weight is 154 g/mol. The Balaban J connectivity index is 3.26. The summed E-state index contributed by atoms with van der Waals surface area (Å²) in [4.78, 5) is 8.43. The highest BCUT2D eigenvalue weighted by atomic mass is 79.9. The van der Waals surface area contributed by atoms with Crippen molar-refractivity contribution in [2.45, 2.75) is 11.9 Å². The third kappa shape index (κ3) is 2.14. The molecule has 0 aromatic rings. The van der Waals surface area contributed by atoms with E-state index in [4.69, 9.17) is 0 Å². The zero-order valence-corrected chi connectivity index (χ0v) is 4.81. The molecular formula is C2H4BrNO2. The molecule has 0 aromatic carbocycles. The van der Waals surface area contributed by atoms with E-state index in [1.165, 1.54) is 6.92 Å². The van der Waals surface area contributed by atoms with E-state index in [-0.39, 0.29) is 0 Å². The lowest BCUT2D eigenvalue weighted by Gasteiger charge is -1.86. The van der Waals surface area contributed by atoms with E-state index < -0.39 is 9.87 Å². The summed E-state index contributed by atoms with van der Waals surface area (Å²) in [5, 5.41) is 9.46. The molecule has 0 spiro atoms. The second-order valence-corrected chi connectivity index (χ2v) is 2.18. The van der Waals surface area contributed by atoms with Gasteiger partial charge in [0.25, 0.3) is 4.95 Å². The van der Waals surface area contributed by atoms with Gasteiger partial charge < -0.3 is 0 Å². The molecule has 0 unspecified atom stereocenters. The monoisotopic (exact) mass is 153 g/mol. The smallest absolute Gasteiger partial charge is 0.263 e. The summed E-state index contributed by atoms with van der Waals surface area (Å²) in [6, 6.07) is 0. The van der Waals surface area contributed by atoms with Gasteiger partial charge in [-0.15, -0.1) is 0 Å². The molecule has 0 heterocycles. The van der Waals surface area contributed by atoms with Gasteiger partial charge in [-0.1, -0.05) is 0 Å². The van der Waals surface area contributed by atoms with Gasteiger partial charge in [0.15, 0.2) is 0 Å². The van der Waals surface area contributed by atoms with Crippen LogP contribution >= 0.6 is 15.9 Å². The Morgan fingerprint density at radius 1 is 2.00 bits per heavy atom. The summed E-state index contributed by atoms with van der Waals surface area (Å²) in [5.74, 6) is 0. The molecule has 1 atom stereocenters. The zero-order chi connectivity index (χ0) is 5.15. The van der Waals surface area contributed by atoms with Crippen LogP contribution in [0, 0.1) is 10.1 Å². The highest BCUT2D eigenvalue weighted by molar-refractivity contribution is 9.09. The molecule has 0 aliphatic rings. The second-order valence-electron chi connectivity index (χ2n) is 0.859. The number of nitro groups is 1. The summed E-state index contributed by atoms with van der Waals surface area (Å²) in [7, 11) is 0. The van der Waals surface area contributed by atoms with E-state index in [0.717, 1.165) is 0 Å². The molecule has 4 heteroatoms. The first kappa shape index (κ1) is 5.88. The lowest BCUT2D eigenvalue weighted by molar-refractivity contribution is -0.488. The third-order valence-electron chi connectivity index (χ3n) is 0.291. The van der Waals surface area contributed by atoms with Crippen LogP contribution in [0.25, 0.3) is 0 Å². The standard InChI is InChI=1S/C2H4BrNO2/c1-2(3)4(5)6/h2H,1H3/t2-/m1/s1. The highest BCUT2D eigenvalue weighted by Crippen LogP contribution is 1.94. The van der Waals surface area contributed by atoms with E-state index >= 15 is 0 Å². The van der Waals surface area contributed by atoms with E-state index in [0.29, 0.717) is 0 Å². The molecule has 0 amide bonds. The van der Waals surface area contributed by atoms with Crippen LogP contribution in [-0.4, -0.2) is 9.87 Å². The van der Waals surface area contributed by atoms with Crippen LogP contribution in [0.15, 0.2) is 0 Å². The van der Waals surface area contributed by atoms with Crippen LogP contribution in [0.2, 0.25) is 0 Å². The van der Waals surface area contributed by atoms with Crippen LogP contribution in [0.3, 0.4) is 0 Å². The minimum Gasteiger partial charge on any atom is -0.263 e. The van der Waals surface area contributed by atoms with E-state index in [9.17, 15) is 10.1 Å². The van der Waals surface area contributed by atoms with Crippen LogP contribution < -0.4 is 0 Å². The number of hydrogen-bond donors (Lipinski definition) is 0. The molecule has 0 radical (unpaired) electrons. The molecule has 0 bridgehead atoms. The van der Waals surface area contributed by atoms with Crippen molar-refractivity contribution in [1.29, 1.82) is 0 Å². The van der Waals surface area contributed by atoms with Crippen molar-refractivity contribution in [3.8, 4) is 0 Å². The fourth-order valence-corrected chi connectivity index (χ4v) is 0. The van der Waals surface area contributed by atoms with Gasteiger partial charge in [-0.3, -0.25) is 10.1 Å². The predicted molar refractivity (Wildman–Crippen MR) is 25.4 cm³/mol. The van der Waals surface area contributed by atoms with Crippen LogP contribution in [0.4, 0.5) is 0 Å². The van der Waals surface area contributed by atoms with E-state index in [1.807, 2.05) is 0 Å². The molecular weight excluding hydrogens is 150 g/mol. The Hall–Kier alpha value is -0.120. The lowest BCUT2D eigenvalue weighted by atomic mass is 10.8. The maximum Gasteiger partial charge on any atom is 0.263 e. The Kier molecular flexibility index (Phi) is 2.08. The summed E-state index contributed by atoms with van der Waals surface area (Å²) >= 11 is 2.74. The molecule has 0 rings (SSSR count). The van der Waals surface area contributed by atoms with Gasteiger partial charge in [0.1, 0.15) is 0 Å². The SMILES string of the molecule is C[C@H](Br)[N+](=O)[O-]. The van der Waals surface area contributed by atoms with Gasteiger partial charge in [0.05, 0.1) is 0 Å². The first-order valence-electron chi connectivity index (χ1n) is 1.42. The molecule has 0 saturated heterocycles. The first-order chi connectivity index (χ1) is 2.64. The first-order valence-corrected chi connectivity index (χ1v) is 2.33.